The lowest BCUT2D eigenvalue weighted by molar-refractivity contribution is -0.144. The molecule has 2 heterocycles. The van der Waals surface area contributed by atoms with Crippen molar-refractivity contribution < 1.29 is 19.5 Å². The molecular weight excluding hydrogens is 448 g/mol. The van der Waals surface area contributed by atoms with Gasteiger partial charge in [0, 0.05) is 13.0 Å². The second kappa shape index (κ2) is 10.2. The molecular formula is C25H34N6O4. The molecule has 35 heavy (non-hydrogen) atoms. The first-order valence-corrected chi connectivity index (χ1v) is 12.2. The van der Waals surface area contributed by atoms with E-state index in [1.165, 1.54) is 4.90 Å². The summed E-state index contributed by atoms with van der Waals surface area (Å²) in [7, 11) is 1.57. The molecule has 10 nitrogen and oxygen atoms in total. The van der Waals surface area contributed by atoms with Gasteiger partial charge < -0.3 is 20.6 Å². The summed E-state index contributed by atoms with van der Waals surface area (Å²) in [6, 6.07) is 6.05. The summed E-state index contributed by atoms with van der Waals surface area (Å²) in [5, 5.41) is 24.0. The Balaban J connectivity index is 1.68. The maximum atomic E-state index is 13.9. The van der Waals surface area contributed by atoms with E-state index in [1.54, 1.807) is 11.7 Å². The molecule has 2 aliphatic rings. The Morgan fingerprint density at radius 1 is 1.17 bits per heavy atom. The summed E-state index contributed by atoms with van der Waals surface area (Å²) in [6.45, 7) is 5.62. The number of aromatic nitrogens is 3. The smallest absolute Gasteiger partial charge is 0.244 e. The van der Waals surface area contributed by atoms with E-state index in [-0.39, 0.29) is 42.8 Å². The van der Waals surface area contributed by atoms with Gasteiger partial charge in [-0.15, -0.1) is 5.10 Å². The number of rotatable bonds is 8. The van der Waals surface area contributed by atoms with Crippen LogP contribution < -0.4 is 10.6 Å². The van der Waals surface area contributed by atoms with E-state index in [2.05, 4.69) is 20.9 Å². The second-order valence-corrected chi connectivity index (χ2v) is 9.66. The van der Waals surface area contributed by atoms with Crippen molar-refractivity contribution in [2.45, 2.75) is 45.9 Å². The number of carbonyl (C=O) groups is 3. The third kappa shape index (κ3) is 4.31. The van der Waals surface area contributed by atoms with Crippen LogP contribution in [0.3, 0.4) is 0 Å². The summed E-state index contributed by atoms with van der Waals surface area (Å²) in [5.74, 6) is -2.71. The molecule has 1 aromatic heterocycles. The molecule has 1 saturated heterocycles. The van der Waals surface area contributed by atoms with Gasteiger partial charge >= 0.3 is 0 Å². The Kier molecular flexibility index (Phi) is 7.20. The van der Waals surface area contributed by atoms with Crippen molar-refractivity contribution in [1.29, 1.82) is 0 Å². The van der Waals surface area contributed by atoms with Crippen LogP contribution >= 0.6 is 0 Å². The Hall–Kier alpha value is -3.27. The number of likely N-dealkylation sites (tertiary alicyclic amines) is 1. The van der Waals surface area contributed by atoms with Crippen LogP contribution in [0.5, 0.6) is 0 Å². The molecule has 0 spiro atoms. The second-order valence-electron chi connectivity index (χ2n) is 9.66. The monoisotopic (exact) mass is 482 g/mol. The number of para-hydroxylation sites is 1. The highest BCUT2D eigenvalue weighted by Crippen LogP contribution is 2.46. The highest BCUT2D eigenvalue weighted by atomic mass is 16.3. The summed E-state index contributed by atoms with van der Waals surface area (Å²) >= 11 is 0. The number of nitrogens with one attached hydrogen (secondary N) is 2. The number of allylic oxidation sites excluding steroid dienone is 1. The van der Waals surface area contributed by atoms with Gasteiger partial charge in [-0.05, 0) is 30.4 Å². The number of amides is 3. The fourth-order valence-electron chi connectivity index (χ4n) is 5.63. The topological polar surface area (TPSA) is 129 Å². The van der Waals surface area contributed by atoms with Gasteiger partial charge in [-0.1, -0.05) is 50.3 Å². The number of carbonyl (C=O) groups excluding carboxylic acids is 3. The zero-order valence-electron chi connectivity index (χ0n) is 20.6. The number of nitrogens with zero attached hydrogens (tertiary/aromatic N) is 4. The van der Waals surface area contributed by atoms with Crippen molar-refractivity contribution in [3.8, 4) is 0 Å². The Labute approximate surface area is 204 Å². The van der Waals surface area contributed by atoms with E-state index >= 15 is 0 Å². The van der Waals surface area contributed by atoms with Gasteiger partial charge in [0.15, 0.2) is 0 Å². The van der Waals surface area contributed by atoms with Crippen LogP contribution in [0, 0.1) is 29.6 Å². The van der Waals surface area contributed by atoms with Crippen LogP contribution in [0.15, 0.2) is 36.4 Å². The standard InChI is InChI=1S/C25H34N6O4/c1-5-15-10-11-16-21(20(15)23(33)26-4)25(35)31(19(12-32)14(2)3)22(16)24(34)27-13-30-18-9-7-6-8-17(18)28-29-30/h6-11,14-16,19-22,32H,5,12-13H2,1-4H3,(H,26,33)(H,27,34)/t15-,16+,19+,20-,21+,22+/m1/s1. The summed E-state index contributed by atoms with van der Waals surface area (Å²) in [6.07, 6.45) is 4.58. The van der Waals surface area contributed by atoms with Crippen LogP contribution in [-0.2, 0) is 21.1 Å². The quantitative estimate of drug-likeness (QED) is 0.480. The fraction of sp³-hybridized carbons (Fsp3) is 0.560. The summed E-state index contributed by atoms with van der Waals surface area (Å²) in [4.78, 5) is 41.9. The lowest BCUT2D eigenvalue weighted by Crippen LogP contribution is -2.54. The van der Waals surface area contributed by atoms with Crippen LogP contribution in [0.4, 0.5) is 0 Å². The van der Waals surface area contributed by atoms with E-state index in [0.29, 0.717) is 11.9 Å². The zero-order chi connectivity index (χ0) is 25.3. The predicted octanol–water partition coefficient (Wildman–Crippen LogP) is 0.923. The molecule has 0 radical (unpaired) electrons. The average Bonchev–Trinajstić information content (AvgIpc) is 3.40. The molecule has 3 N–H and O–H groups in total. The number of aliphatic hydroxyl groups is 1. The van der Waals surface area contributed by atoms with Crippen LogP contribution in [0.1, 0.15) is 27.2 Å². The molecule has 1 aliphatic heterocycles. The molecule has 0 saturated carbocycles. The SMILES string of the molecule is CC[C@@H]1C=C[C@H]2[C@H](C(=O)N([C@@H](CO)C(C)C)[C@@H]2C(=O)NCn2nnc3ccccc32)[C@@H]1C(=O)NC. The van der Waals surface area contributed by atoms with E-state index in [9.17, 15) is 19.5 Å². The average molecular weight is 483 g/mol. The van der Waals surface area contributed by atoms with Crippen LogP contribution in [0.2, 0.25) is 0 Å². The van der Waals surface area contributed by atoms with Gasteiger partial charge in [0.2, 0.25) is 17.7 Å². The Bertz CT molecular complexity index is 1130. The molecule has 1 aromatic carbocycles. The van der Waals surface area contributed by atoms with Gasteiger partial charge in [-0.3, -0.25) is 14.4 Å². The van der Waals surface area contributed by atoms with Crippen molar-refractivity contribution in [2.75, 3.05) is 13.7 Å². The van der Waals surface area contributed by atoms with Gasteiger partial charge in [-0.25, -0.2) is 4.68 Å². The zero-order valence-corrected chi connectivity index (χ0v) is 20.6. The van der Waals surface area contributed by atoms with Crippen molar-refractivity contribution in [2.24, 2.45) is 29.6 Å². The molecule has 2 aromatic rings. The predicted molar refractivity (Wildman–Crippen MR) is 129 cm³/mol. The maximum Gasteiger partial charge on any atom is 0.244 e. The van der Waals surface area contributed by atoms with E-state index in [1.807, 2.05) is 57.2 Å². The minimum atomic E-state index is -0.844. The number of benzene rings is 1. The van der Waals surface area contributed by atoms with Gasteiger partial charge in [0.1, 0.15) is 18.2 Å². The third-order valence-electron chi connectivity index (χ3n) is 7.47. The van der Waals surface area contributed by atoms with E-state index < -0.39 is 29.8 Å². The van der Waals surface area contributed by atoms with Gasteiger partial charge in [0.25, 0.3) is 0 Å². The highest BCUT2D eigenvalue weighted by Gasteiger charge is 2.58. The molecule has 188 valence electrons. The van der Waals surface area contributed by atoms with Crippen molar-refractivity contribution >= 4 is 28.8 Å². The molecule has 1 fully saturated rings. The summed E-state index contributed by atoms with van der Waals surface area (Å²) in [5.41, 5.74) is 1.50. The lowest BCUT2D eigenvalue weighted by atomic mass is 9.69. The van der Waals surface area contributed by atoms with Crippen molar-refractivity contribution in [1.82, 2.24) is 30.5 Å². The van der Waals surface area contributed by atoms with Crippen molar-refractivity contribution in [3.63, 3.8) is 0 Å². The minimum Gasteiger partial charge on any atom is -0.394 e. The first-order chi connectivity index (χ1) is 16.8. The van der Waals surface area contributed by atoms with E-state index in [4.69, 9.17) is 0 Å². The highest BCUT2D eigenvalue weighted by molar-refractivity contribution is 5.97. The molecule has 6 atom stereocenters. The number of fused-ring (bicyclic) bond motifs is 2. The molecule has 0 unspecified atom stereocenters. The first kappa shape index (κ1) is 24.8. The minimum absolute atomic E-state index is 0.0805. The molecule has 4 rings (SSSR count). The Morgan fingerprint density at radius 3 is 2.57 bits per heavy atom. The Morgan fingerprint density at radius 2 is 1.91 bits per heavy atom. The first-order valence-electron chi connectivity index (χ1n) is 12.2. The number of hydrogen-bond donors (Lipinski definition) is 3. The largest absolute Gasteiger partial charge is 0.394 e. The number of aliphatic hydroxyl groups excluding tert-OH is 1. The molecule has 3 amide bonds. The normalized spacial score (nSPS) is 26.7. The lowest BCUT2D eigenvalue weighted by Gasteiger charge is -2.35. The summed E-state index contributed by atoms with van der Waals surface area (Å²) < 4.78 is 1.59. The van der Waals surface area contributed by atoms with E-state index in [0.717, 1.165) is 5.52 Å². The molecule has 1 aliphatic carbocycles. The molecule has 0 bridgehead atoms. The van der Waals surface area contributed by atoms with Crippen LogP contribution in [0.25, 0.3) is 11.0 Å². The van der Waals surface area contributed by atoms with Crippen LogP contribution in [-0.4, -0.2) is 68.5 Å². The molecule has 10 heteroatoms. The fourth-order valence-corrected chi connectivity index (χ4v) is 5.63. The number of hydrogen-bond acceptors (Lipinski definition) is 6. The van der Waals surface area contributed by atoms with Gasteiger partial charge in [-0.2, -0.15) is 0 Å². The van der Waals surface area contributed by atoms with Gasteiger partial charge in [0.05, 0.1) is 30.0 Å². The maximum absolute atomic E-state index is 13.9. The third-order valence-corrected chi connectivity index (χ3v) is 7.47. The van der Waals surface area contributed by atoms with Crippen molar-refractivity contribution in [3.05, 3.63) is 36.4 Å².